The number of rotatable bonds is 8. The Bertz CT molecular complexity index is 526. The quantitative estimate of drug-likeness (QED) is 0.322. The molecule has 0 aliphatic carbocycles. The van der Waals surface area contributed by atoms with Gasteiger partial charge in [-0.15, -0.1) is 24.0 Å². The molecule has 0 amide bonds. The molecule has 0 aromatic carbocycles. The fourth-order valence-electron chi connectivity index (χ4n) is 3.35. The van der Waals surface area contributed by atoms with Gasteiger partial charge in [-0.05, 0) is 48.2 Å². The van der Waals surface area contributed by atoms with Gasteiger partial charge in [-0.1, -0.05) is 20.8 Å². The van der Waals surface area contributed by atoms with Crippen LogP contribution in [-0.4, -0.2) is 74.7 Å². The molecule has 1 fully saturated rings. The molecule has 1 aromatic rings. The third-order valence-electron chi connectivity index (χ3n) is 5.25. The van der Waals surface area contributed by atoms with Gasteiger partial charge in [-0.2, -0.15) is 11.3 Å². The Morgan fingerprint density at radius 3 is 2.44 bits per heavy atom. The summed E-state index contributed by atoms with van der Waals surface area (Å²) >= 11 is 1.76. The topological polar surface area (TPSA) is 42.9 Å². The van der Waals surface area contributed by atoms with Crippen molar-refractivity contribution in [3.05, 3.63) is 22.4 Å². The van der Waals surface area contributed by atoms with Gasteiger partial charge < -0.3 is 15.5 Å². The molecule has 0 radical (unpaired) electrons. The lowest BCUT2D eigenvalue weighted by molar-refractivity contribution is 0.0925. The molecule has 2 rings (SSSR count). The molecule has 7 heteroatoms. The predicted molar refractivity (Wildman–Crippen MR) is 130 cm³/mol. The van der Waals surface area contributed by atoms with E-state index in [2.05, 4.69) is 72.0 Å². The molecule has 0 saturated carbocycles. The highest BCUT2D eigenvalue weighted by molar-refractivity contribution is 14.0. The van der Waals surface area contributed by atoms with E-state index >= 15 is 0 Å². The van der Waals surface area contributed by atoms with E-state index in [0.717, 1.165) is 51.8 Å². The fourth-order valence-corrected chi connectivity index (χ4v) is 4.13. The third kappa shape index (κ3) is 8.25. The Labute approximate surface area is 187 Å². The summed E-state index contributed by atoms with van der Waals surface area (Å²) in [7, 11) is 2.21. The molecule has 2 N–H and O–H groups in total. The standard InChI is InChI=1S/C20H37N5S.HI/c1-6-21-20(22-13-17(4)18-7-12-26-15-18)23-14-19(16(2)3)25-10-8-24(5)9-11-25;/h7,12,15-17,19H,6,8-11,13-14H2,1-5H3,(H2,21,22,23);1H. The summed E-state index contributed by atoms with van der Waals surface area (Å²) in [5.41, 5.74) is 1.40. The van der Waals surface area contributed by atoms with Crippen LogP contribution in [0.15, 0.2) is 21.8 Å². The Hall–Kier alpha value is -0.380. The molecule has 5 nitrogen and oxygen atoms in total. The zero-order valence-corrected chi connectivity index (χ0v) is 20.7. The van der Waals surface area contributed by atoms with Crippen molar-refractivity contribution in [1.29, 1.82) is 0 Å². The van der Waals surface area contributed by atoms with E-state index in [1.54, 1.807) is 11.3 Å². The second-order valence-corrected chi connectivity index (χ2v) is 8.49. The largest absolute Gasteiger partial charge is 0.357 e. The molecule has 0 spiro atoms. The Morgan fingerprint density at radius 2 is 1.89 bits per heavy atom. The van der Waals surface area contributed by atoms with Crippen molar-refractivity contribution < 1.29 is 0 Å². The van der Waals surface area contributed by atoms with Crippen molar-refractivity contribution in [3.8, 4) is 0 Å². The number of piperazine rings is 1. The normalized spacial score (nSPS) is 18.8. The molecule has 2 atom stereocenters. The zero-order chi connectivity index (χ0) is 18.9. The average molecular weight is 508 g/mol. The second kappa shape index (κ2) is 13.0. The minimum atomic E-state index is 0. The smallest absolute Gasteiger partial charge is 0.191 e. The highest BCUT2D eigenvalue weighted by atomic mass is 127. The lowest BCUT2D eigenvalue weighted by atomic mass is 10.0. The first kappa shape index (κ1) is 24.7. The van der Waals surface area contributed by atoms with Crippen LogP contribution in [-0.2, 0) is 0 Å². The van der Waals surface area contributed by atoms with Crippen LogP contribution >= 0.6 is 35.3 Å². The highest BCUT2D eigenvalue weighted by Crippen LogP contribution is 2.17. The predicted octanol–water partition coefficient (Wildman–Crippen LogP) is 3.30. The maximum absolute atomic E-state index is 4.92. The number of halogens is 1. The van der Waals surface area contributed by atoms with Crippen molar-refractivity contribution in [2.24, 2.45) is 10.9 Å². The van der Waals surface area contributed by atoms with Gasteiger partial charge in [0, 0.05) is 45.3 Å². The Kier molecular flexibility index (Phi) is 11.8. The molecule has 2 heterocycles. The van der Waals surface area contributed by atoms with Gasteiger partial charge in [-0.25, -0.2) is 0 Å². The first-order valence-corrected chi connectivity index (χ1v) is 10.9. The van der Waals surface area contributed by atoms with E-state index in [-0.39, 0.29) is 24.0 Å². The van der Waals surface area contributed by atoms with Crippen LogP contribution in [0.4, 0.5) is 0 Å². The van der Waals surface area contributed by atoms with Gasteiger partial charge in [0.25, 0.3) is 0 Å². The average Bonchev–Trinajstić information content (AvgIpc) is 3.15. The van der Waals surface area contributed by atoms with Crippen LogP contribution in [0.2, 0.25) is 0 Å². The molecular weight excluding hydrogens is 469 g/mol. The number of nitrogens with one attached hydrogen (secondary N) is 2. The number of likely N-dealkylation sites (N-methyl/N-ethyl adjacent to an activating group) is 1. The Balaban J connectivity index is 0.00000364. The van der Waals surface area contributed by atoms with Gasteiger partial charge in [0.15, 0.2) is 5.96 Å². The van der Waals surface area contributed by atoms with E-state index in [1.807, 2.05) is 0 Å². The van der Waals surface area contributed by atoms with Gasteiger partial charge in [0.2, 0.25) is 0 Å². The van der Waals surface area contributed by atoms with Crippen molar-refractivity contribution in [2.75, 3.05) is 52.9 Å². The van der Waals surface area contributed by atoms with Gasteiger partial charge in [0.1, 0.15) is 0 Å². The number of hydrogen-bond acceptors (Lipinski definition) is 4. The SMILES string of the molecule is CCNC(=NCC(C(C)C)N1CCN(C)CC1)NCC(C)c1ccsc1.I. The first-order chi connectivity index (χ1) is 12.5. The van der Waals surface area contributed by atoms with Gasteiger partial charge in [0.05, 0.1) is 6.54 Å². The van der Waals surface area contributed by atoms with E-state index < -0.39 is 0 Å². The fraction of sp³-hybridized carbons (Fsp3) is 0.750. The van der Waals surface area contributed by atoms with Crippen molar-refractivity contribution in [3.63, 3.8) is 0 Å². The molecule has 1 aliphatic heterocycles. The van der Waals surface area contributed by atoms with Crippen molar-refractivity contribution in [1.82, 2.24) is 20.4 Å². The summed E-state index contributed by atoms with van der Waals surface area (Å²) in [5, 5.41) is 11.3. The Morgan fingerprint density at radius 1 is 1.19 bits per heavy atom. The molecule has 27 heavy (non-hydrogen) atoms. The molecule has 1 aliphatic rings. The van der Waals surface area contributed by atoms with Crippen LogP contribution in [0.1, 0.15) is 39.2 Å². The van der Waals surface area contributed by atoms with E-state index in [1.165, 1.54) is 5.56 Å². The van der Waals surface area contributed by atoms with Crippen molar-refractivity contribution >= 4 is 41.3 Å². The monoisotopic (exact) mass is 507 g/mol. The summed E-state index contributed by atoms with van der Waals surface area (Å²) in [6, 6.07) is 2.72. The summed E-state index contributed by atoms with van der Waals surface area (Å²) in [4.78, 5) is 9.95. The minimum Gasteiger partial charge on any atom is -0.357 e. The van der Waals surface area contributed by atoms with E-state index in [9.17, 15) is 0 Å². The maximum Gasteiger partial charge on any atom is 0.191 e. The molecule has 2 unspecified atom stereocenters. The molecule has 0 bridgehead atoms. The summed E-state index contributed by atoms with van der Waals surface area (Å²) in [6.07, 6.45) is 0. The number of hydrogen-bond donors (Lipinski definition) is 2. The minimum absolute atomic E-state index is 0. The van der Waals surface area contributed by atoms with Crippen molar-refractivity contribution in [2.45, 2.75) is 39.7 Å². The van der Waals surface area contributed by atoms with Crippen LogP contribution in [0.25, 0.3) is 0 Å². The van der Waals surface area contributed by atoms with Crippen LogP contribution in [0.3, 0.4) is 0 Å². The summed E-state index contributed by atoms with van der Waals surface area (Å²) in [6.45, 7) is 16.3. The first-order valence-electron chi connectivity index (χ1n) is 9.98. The lowest BCUT2D eigenvalue weighted by Crippen LogP contribution is -2.52. The number of aliphatic imine (C=N–C) groups is 1. The summed E-state index contributed by atoms with van der Waals surface area (Å²) in [5.74, 6) is 2.03. The van der Waals surface area contributed by atoms with Crippen LogP contribution in [0, 0.1) is 5.92 Å². The van der Waals surface area contributed by atoms with E-state index in [4.69, 9.17) is 4.99 Å². The zero-order valence-electron chi connectivity index (χ0n) is 17.6. The van der Waals surface area contributed by atoms with Gasteiger partial charge in [-0.3, -0.25) is 9.89 Å². The second-order valence-electron chi connectivity index (χ2n) is 7.71. The molecular formula is C20H38IN5S. The highest BCUT2D eigenvalue weighted by Gasteiger charge is 2.24. The molecule has 1 saturated heterocycles. The third-order valence-corrected chi connectivity index (χ3v) is 5.95. The number of guanidine groups is 1. The lowest BCUT2D eigenvalue weighted by Gasteiger charge is -2.39. The molecule has 1 aromatic heterocycles. The maximum atomic E-state index is 4.92. The van der Waals surface area contributed by atoms with Gasteiger partial charge >= 0.3 is 0 Å². The summed E-state index contributed by atoms with van der Waals surface area (Å²) < 4.78 is 0. The van der Waals surface area contributed by atoms with Crippen LogP contribution < -0.4 is 10.6 Å². The number of nitrogens with zero attached hydrogens (tertiary/aromatic N) is 3. The van der Waals surface area contributed by atoms with E-state index in [0.29, 0.717) is 17.9 Å². The number of thiophene rings is 1. The molecule has 156 valence electrons. The van der Waals surface area contributed by atoms with Crippen LogP contribution in [0.5, 0.6) is 0 Å².